The average molecular weight is 267 g/mol. The van der Waals surface area contributed by atoms with Gasteiger partial charge in [-0.1, -0.05) is 0 Å². The summed E-state index contributed by atoms with van der Waals surface area (Å²) in [6.45, 7) is 0.771. The number of hydrogen-bond donors (Lipinski definition) is 3. The molecule has 1 aliphatic heterocycles. The molecular weight excluding hydrogens is 246 g/mol. The molecule has 5 unspecified atom stereocenters. The monoisotopic (exact) mass is 267 g/mol. The second kappa shape index (κ2) is 6.89. The van der Waals surface area contributed by atoms with Crippen molar-refractivity contribution in [1.29, 1.82) is 0 Å². The van der Waals surface area contributed by atoms with Gasteiger partial charge in [-0.25, -0.2) is 0 Å². The molecule has 0 aromatic heterocycles. The molecule has 0 radical (unpaired) electrons. The van der Waals surface area contributed by atoms with Crippen LogP contribution in [0.2, 0.25) is 0 Å². The minimum Gasteiger partial charge on any atom is -0.389 e. The Morgan fingerprint density at radius 1 is 1.24 bits per heavy atom. The number of nitrogens with zero attached hydrogens (tertiary/aromatic N) is 1. The number of methoxy groups -OCH3 is 1. The second-order valence-electron chi connectivity index (χ2n) is 4.48. The third-order valence-corrected chi connectivity index (χ3v) is 3.61. The zero-order chi connectivity index (χ0) is 13.0. The van der Waals surface area contributed by atoms with Crippen molar-refractivity contribution in [1.82, 2.24) is 4.90 Å². The van der Waals surface area contributed by atoms with Crippen LogP contribution in [0.5, 0.6) is 0 Å². The van der Waals surface area contributed by atoms with Crippen molar-refractivity contribution in [3.8, 4) is 0 Å². The van der Waals surface area contributed by atoms with Gasteiger partial charge in [-0.15, -0.1) is 0 Å². The van der Waals surface area contributed by atoms with E-state index in [1.54, 1.807) is 0 Å². The number of rotatable bonds is 5. The fourth-order valence-electron chi connectivity index (χ4n) is 1.96. The van der Waals surface area contributed by atoms with Crippen LogP contribution in [-0.4, -0.2) is 83.7 Å². The first-order valence-corrected chi connectivity index (χ1v) is 6.30. The first kappa shape index (κ1) is 15.2. The summed E-state index contributed by atoms with van der Waals surface area (Å²) in [5.74, 6) is 0. The topological polar surface area (TPSA) is 82.4 Å². The highest BCUT2D eigenvalue weighted by atomic mass is 32.2. The number of likely N-dealkylation sites (N-methyl/N-ethyl adjacent to an activating group) is 1. The van der Waals surface area contributed by atoms with Crippen LogP contribution < -0.4 is 0 Å². The maximum atomic E-state index is 9.93. The highest BCUT2D eigenvalue weighted by molar-refractivity contribution is 7.94. The number of hydrogen-bond acceptors (Lipinski definition) is 7. The molecule has 0 aromatic rings. The Labute approximate surface area is 106 Å². The lowest BCUT2D eigenvalue weighted by Crippen LogP contribution is -2.59. The third-order valence-electron chi connectivity index (χ3n) is 2.78. The Kier molecular flexibility index (Phi) is 6.14. The van der Waals surface area contributed by atoms with Gasteiger partial charge in [0.2, 0.25) is 0 Å². The van der Waals surface area contributed by atoms with E-state index in [0.29, 0.717) is 18.6 Å². The molecule has 17 heavy (non-hydrogen) atoms. The van der Waals surface area contributed by atoms with Gasteiger partial charge in [0.05, 0.1) is 30.2 Å². The second-order valence-corrected chi connectivity index (χ2v) is 5.24. The molecule has 0 amide bonds. The highest BCUT2D eigenvalue weighted by Gasteiger charge is 2.44. The molecule has 0 aromatic carbocycles. The molecule has 1 aliphatic rings. The largest absolute Gasteiger partial charge is 0.389 e. The van der Waals surface area contributed by atoms with Gasteiger partial charge in [0.25, 0.3) is 0 Å². The summed E-state index contributed by atoms with van der Waals surface area (Å²) >= 11 is 0.498. The molecule has 102 valence electrons. The fourth-order valence-corrected chi connectivity index (χ4v) is 2.52. The van der Waals surface area contributed by atoms with E-state index in [1.807, 2.05) is 19.0 Å². The van der Waals surface area contributed by atoms with E-state index in [-0.39, 0.29) is 6.61 Å². The summed E-state index contributed by atoms with van der Waals surface area (Å²) in [6.07, 6.45) is -2.94. The Morgan fingerprint density at radius 3 is 2.35 bits per heavy atom. The smallest absolute Gasteiger partial charge is 0.109 e. The van der Waals surface area contributed by atoms with Crippen LogP contribution in [0.3, 0.4) is 0 Å². The summed E-state index contributed by atoms with van der Waals surface area (Å²) in [5.41, 5.74) is 0. The molecule has 1 saturated heterocycles. The van der Waals surface area contributed by atoms with E-state index in [4.69, 9.17) is 14.0 Å². The van der Waals surface area contributed by atoms with Crippen LogP contribution in [-0.2, 0) is 9.47 Å². The van der Waals surface area contributed by atoms with Gasteiger partial charge >= 0.3 is 0 Å². The maximum Gasteiger partial charge on any atom is 0.109 e. The van der Waals surface area contributed by atoms with Crippen molar-refractivity contribution in [2.24, 2.45) is 0 Å². The average Bonchev–Trinajstić information content (AvgIpc) is 2.26. The quantitative estimate of drug-likeness (QED) is 0.566. The molecule has 3 N–H and O–H groups in total. The summed E-state index contributed by atoms with van der Waals surface area (Å²) in [7, 11) is 5.25. The van der Waals surface area contributed by atoms with Crippen molar-refractivity contribution >= 4 is 12.0 Å². The van der Waals surface area contributed by atoms with E-state index < -0.39 is 29.7 Å². The van der Waals surface area contributed by atoms with Crippen molar-refractivity contribution in [2.45, 2.75) is 29.7 Å². The fraction of sp³-hybridized carbons (Fsp3) is 1.00. The molecule has 1 rings (SSSR count). The van der Waals surface area contributed by atoms with E-state index >= 15 is 0 Å². The molecule has 0 saturated carbocycles. The maximum absolute atomic E-state index is 9.93. The number of aliphatic hydroxyl groups is 2. The zero-order valence-electron chi connectivity index (χ0n) is 10.3. The lowest BCUT2D eigenvalue weighted by atomic mass is 9.97. The van der Waals surface area contributed by atoms with Crippen LogP contribution >= 0.6 is 12.0 Å². The highest BCUT2D eigenvalue weighted by Crippen LogP contribution is 2.29. The van der Waals surface area contributed by atoms with Crippen LogP contribution in [0.15, 0.2) is 0 Å². The minimum absolute atomic E-state index is 0.270. The first-order chi connectivity index (χ1) is 8.01. The molecule has 0 bridgehead atoms. The van der Waals surface area contributed by atoms with Crippen molar-refractivity contribution in [3.05, 3.63) is 0 Å². The molecule has 7 heteroatoms. The van der Waals surface area contributed by atoms with Gasteiger partial charge in [0.1, 0.15) is 6.10 Å². The van der Waals surface area contributed by atoms with E-state index in [2.05, 4.69) is 0 Å². The molecule has 0 spiro atoms. The number of ether oxygens (including phenoxy) is 2. The van der Waals surface area contributed by atoms with Crippen LogP contribution in [0, 0.1) is 0 Å². The third kappa shape index (κ3) is 3.78. The van der Waals surface area contributed by atoms with E-state index in [0.717, 1.165) is 0 Å². The van der Waals surface area contributed by atoms with Crippen LogP contribution in [0.25, 0.3) is 0 Å². The van der Waals surface area contributed by atoms with Crippen molar-refractivity contribution < 1.29 is 24.2 Å². The lowest BCUT2D eigenvalue weighted by Gasteiger charge is -2.42. The molecule has 0 aliphatic carbocycles. The van der Waals surface area contributed by atoms with E-state index in [1.165, 1.54) is 7.11 Å². The van der Waals surface area contributed by atoms with Gasteiger partial charge < -0.3 is 29.1 Å². The summed E-state index contributed by atoms with van der Waals surface area (Å²) in [5, 5.41) is 19.2. The van der Waals surface area contributed by atoms with Gasteiger partial charge in [-0.05, 0) is 26.1 Å². The van der Waals surface area contributed by atoms with Gasteiger partial charge in [-0.2, -0.15) is 0 Å². The predicted octanol–water partition coefficient (Wildman–Crippen LogP) is -0.742. The van der Waals surface area contributed by atoms with Crippen molar-refractivity contribution in [3.63, 3.8) is 0 Å². The minimum atomic E-state index is -1.02. The summed E-state index contributed by atoms with van der Waals surface area (Å²) in [6, 6.07) is 0. The summed E-state index contributed by atoms with van der Waals surface area (Å²) < 4.78 is 19.8. The van der Waals surface area contributed by atoms with Crippen LogP contribution in [0.4, 0.5) is 0 Å². The SMILES string of the molecule is COCC1OC(CN(C)C)C(O)C(O)C1SO. The lowest BCUT2D eigenvalue weighted by molar-refractivity contribution is -0.178. The van der Waals surface area contributed by atoms with Gasteiger partial charge in [-0.3, -0.25) is 0 Å². The zero-order valence-corrected chi connectivity index (χ0v) is 11.1. The Balaban J connectivity index is 2.71. The summed E-state index contributed by atoms with van der Waals surface area (Å²) in [4.78, 5) is 1.87. The predicted molar refractivity (Wildman–Crippen MR) is 65.1 cm³/mol. The van der Waals surface area contributed by atoms with Crippen LogP contribution in [0.1, 0.15) is 0 Å². The molecule has 5 atom stereocenters. The molecule has 1 fully saturated rings. The van der Waals surface area contributed by atoms with Gasteiger partial charge in [0, 0.05) is 13.7 Å². The molecular formula is C10H21NO5S. The number of aliphatic hydroxyl groups excluding tert-OH is 2. The Morgan fingerprint density at radius 2 is 1.88 bits per heavy atom. The van der Waals surface area contributed by atoms with E-state index in [9.17, 15) is 10.2 Å². The van der Waals surface area contributed by atoms with Gasteiger partial charge in [0.15, 0.2) is 0 Å². The molecule has 1 heterocycles. The first-order valence-electron chi connectivity index (χ1n) is 5.46. The Hall–Kier alpha value is 0.110. The normalized spacial score (nSPS) is 38.6. The standard InChI is InChI=1S/C10H21NO5S/c1-11(2)4-6-8(12)9(13)10(17-14)7(16-6)5-15-3/h6-10,12-14H,4-5H2,1-3H3. The van der Waals surface area contributed by atoms with Crippen molar-refractivity contribution in [2.75, 3.05) is 34.4 Å². The Bertz CT molecular complexity index is 231. The molecule has 6 nitrogen and oxygen atoms in total.